The van der Waals surface area contributed by atoms with Crippen molar-refractivity contribution in [1.29, 1.82) is 0 Å². The van der Waals surface area contributed by atoms with Crippen LogP contribution in [0.3, 0.4) is 0 Å². The summed E-state index contributed by atoms with van der Waals surface area (Å²) in [6.07, 6.45) is 1.72. The molecule has 6 nitrogen and oxygen atoms in total. The number of nitrogens with one attached hydrogen (secondary N) is 2. The van der Waals surface area contributed by atoms with Gasteiger partial charge >= 0.3 is 0 Å². The number of carbonyl (C=O) groups excluding carboxylic acids is 1. The van der Waals surface area contributed by atoms with Crippen LogP contribution >= 0.6 is 0 Å². The Morgan fingerprint density at radius 3 is 2.71 bits per heavy atom. The van der Waals surface area contributed by atoms with Crippen LogP contribution in [0.25, 0.3) is 0 Å². The summed E-state index contributed by atoms with van der Waals surface area (Å²) in [4.78, 5) is 12.6. The summed E-state index contributed by atoms with van der Waals surface area (Å²) in [5, 5.41) is 2.46. The van der Waals surface area contributed by atoms with E-state index in [-0.39, 0.29) is 22.3 Å². The molecular weight excluding hydrogens is 340 g/mol. The number of nitrogens with zero attached hydrogens (tertiary/aromatic N) is 1. The van der Waals surface area contributed by atoms with Gasteiger partial charge in [0.25, 0.3) is 5.91 Å². The lowest BCUT2D eigenvalue weighted by Gasteiger charge is -2.21. The van der Waals surface area contributed by atoms with Gasteiger partial charge in [0.1, 0.15) is 10.6 Å². The van der Waals surface area contributed by atoms with Crippen molar-refractivity contribution in [2.75, 3.05) is 5.32 Å². The van der Waals surface area contributed by atoms with Crippen LogP contribution in [-0.4, -0.2) is 24.9 Å². The second-order valence-electron chi connectivity index (χ2n) is 5.74. The highest BCUT2D eigenvalue weighted by molar-refractivity contribution is 7.89. The Bertz CT molecular complexity index is 938. The number of sulfonamides is 1. The van der Waals surface area contributed by atoms with E-state index in [1.54, 1.807) is 14.0 Å². The number of hydrogen-bond donors (Lipinski definition) is 2. The van der Waals surface area contributed by atoms with E-state index in [0.717, 1.165) is 12.1 Å². The predicted molar refractivity (Wildman–Crippen MR) is 83.2 cm³/mol. The summed E-state index contributed by atoms with van der Waals surface area (Å²) in [5.41, 5.74) is 0.661. The van der Waals surface area contributed by atoms with Crippen molar-refractivity contribution in [3.05, 3.63) is 47.3 Å². The van der Waals surface area contributed by atoms with Gasteiger partial charge in [0.05, 0.1) is 0 Å². The number of benzene rings is 1. The third kappa shape index (κ3) is 2.80. The Balaban J connectivity index is 1.99. The zero-order valence-electron chi connectivity index (χ0n) is 12.9. The molecule has 1 aromatic carbocycles. The Hall–Kier alpha value is -2.26. The first-order valence-corrected chi connectivity index (χ1v) is 8.64. The topological polar surface area (TPSA) is 80.2 Å². The minimum atomic E-state index is -3.67. The zero-order chi connectivity index (χ0) is 17.6. The fourth-order valence-electron chi connectivity index (χ4n) is 2.81. The molecule has 1 aromatic heterocycles. The Kier molecular flexibility index (Phi) is 3.92. The van der Waals surface area contributed by atoms with Gasteiger partial charge in [-0.05, 0) is 25.5 Å². The molecule has 1 atom stereocenters. The van der Waals surface area contributed by atoms with Gasteiger partial charge in [0.2, 0.25) is 10.0 Å². The highest BCUT2D eigenvalue weighted by atomic mass is 32.2. The fourth-order valence-corrected chi connectivity index (χ4v) is 4.36. The van der Waals surface area contributed by atoms with E-state index in [1.165, 1.54) is 16.8 Å². The summed E-state index contributed by atoms with van der Waals surface area (Å²) in [6, 6.07) is 2.65. The third-order valence-electron chi connectivity index (χ3n) is 3.80. The van der Waals surface area contributed by atoms with Gasteiger partial charge in [-0.25, -0.2) is 21.9 Å². The number of fused-ring (bicyclic) bond motifs is 1. The standard InChI is InChI=1S/C15H15F2N3O3S/c1-8-5-10-13(24(22,23)19-8)7-20(2)14(10)15(21)18-9-3-4-11(16)12(17)6-9/h3-4,6-8,19H,5H2,1-2H3,(H,18,21). The van der Waals surface area contributed by atoms with E-state index in [4.69, 9.17) is 0 Å². The van der Waals surface area contributed by atoms with Gasteiger partial charge in [0.15, 0.2) is 11.6 Å². The van der Waals surface area contributed by atoms with Gasteiger partial charge in [-0.2, -0.15) is 0 Å². The highest BCUT2D eigenvalue weighted by Gasteiger charge is 2.33. The summed E-state index contributed by atoms with van der Waals surface area (Å²) in [7, 11) is -2.12. The number of aryl methyl sites for hydroxylation is 1. The molecule has 9 heteroatoms. The lowest BCUT2D eigenvalue weighted by atomic mass is 10.1. The summed E-state index contributed by atoms with van der Waals surface area (Å²) < 4.78 is 54.5. The van der Waals surface area contributed by atoms with Gasteiger partial charge in [-0.3, -0.25) is 4.79 Å². The molecule has 0 aliphatic carbocycles. The maximum absolute atomic E-state index is 13.3. The third-order valence-corrected chi connectivity index (χ3v) is 5.44. The van der Waals surface area contributed by atoms with Crippen molar-refractivity contribution in [1.82, 2.24) is 9.29 Å². The first kappa shape index (κ1) is 16.6. The highest BCUT2D eigenvalue weighted by Crippen LogP contribution is 2.28. The number of amides is 1. The van der Waals surface area contributed by atoms with Crippen LogP contribution in [0.15, 0.2) is 29.3 Å². The van der Waals surface area contributed by atoms with Crippen molar-refractivity contribution in [2.24, 2.45) is 7.05 Å². The molecule has 2 heterocycles. The number of hydrogen-bond acceptors (Lipinski definition) is 3. The van der Waals surface area contributed by atoms with Gasteiger partial charge in [0, 0.05) is 36.6 Å². The van der Waals surface area contributed by atoms with E-state index in [0.29, 0.717) is 12.0 Å². The SMILES string of the molecule is CC1Cc2c(cn(C)c2C(=O)Nc2ccc(F)c(F)c2)S(=O)(=O)N1. The number of halogens is 2. The molecule has 1 amide bonds. The number of aromatic nitrogens is 1. The molecule has 0 saturated heterocycles. The molecule has 0 fully saturated rings. The normalized spacial score (nSPS) is 18.9. The van der Waals surface area contributed by atoms with E-state index >= 15 is 0 Å². The molecule has 1 aliphatic rings. The van der Waals surface area contributed by atoms with Crippen LogP contribution in [0.2, 0.25) is 0 Å². The maximum Gasteiger partial charge on any atom is 0.272 e. The van der Waals surface area contributed by atoms with Gasteiger partial charge in [-0.1, -0.05) is 0 Å². The minimum Gasteiger partial charge on any atom is -0.345 e. The van der Waals surface area contributed by atoms with Crippen molar-refractivity contribution in [3.63, 3.8) is 0 Å². The second-order valence-corrected chi connectivity index (χ2v) is 7.42. The molecule has 3 rings (SSSR count). The van der Waals surface area contributed by atoms with Crippen LogP contribution in [-0.2, 0) is 23.5 Å². The Labute approximate surface area is 137 Å². The van der Waals surface area contributed by atoms with E-state index in [9.17, 15) is 22.0 Å². The molecule has 0 spiro atoms. The first-order valence-electron chi connectivity index (χ1n) is 7.16. The molecule has 128 valence electrons. The maximum atomic E-state index is 13.3. The molecule has 1 unspecified atom stereocenters. The van der Waals surface area contributed by atoms with Crippen LogP contribution in [0.5, 0.6) is 0 Å². The van der Waals surface area contributed by atoms with Crippen molar-refractivity contribution in [2.45, 2.75) is 24.3 Å². The van der Waals surface area contributed by atoms with Crippen LogP contribution in [0.4, 0.5) is 14.5 Å². The van der Waals surface area contributed by atoms with Crippen LogP contribution in [0.1, 0.15) is 23.0 Å². The Morgan fingerprint density at radius 2 is 2.04 bits per heavy atom. The number of anilines is 1. The predicted octanol–water partition coefficient (Wildman–Crippen LogP) is 1.78. The molecule has 0 bridgehead atoms. The van der Waals surface area contributed by atoms with Crippen molar-refractivity contribution in [3.8, 4) is 0 Å². The first-order chi connectivity index (χ1) is 11.2. The number of rotatable bonds is 2. The van der Waals surface area contributed by atoms with Crippen molar-refractivity contribution >= 4 is 21.6 Å². The van der Waals surface area contributed by atoms with E-state index in [1.807, 2.05) is 0 Å². The van der Waals surface area contributed by atoms with Gasteiger partial charge in [-0.15, -0.1) is 0 Å². The molecular formula is C15H15F2N3O3S. The molecule has 2 aromatic rings. The molecule has 24 heavy (non-hydrogen) atoms. The average molecular weight is 355 g/mol. The van der Waals surface area contributed by atoms with Crippen LogP contribution in [0, 0.1) is 11.6 Å². The fraction of sp³-hybridized carbons (Fsp3) is 0.267. The molecule has 2 N–H and O–H groups in total. The summed E-state index contributed by atoms with van der Waals surface area (Å²) >= 11 is 0. The monoisotopic (exact) mass is 355 g/mol. The quantitative estimate of drug-likeness (QED) is 0.862. The molecule has 0 radical (unpaired) electrons. The van der Waals surface area contributed by atoms with Gasteiger partial charge < -0.3 is 9.88 Å². The average Bonchev–Trinajstić information content (AvgIpc) is 2.79. The largest absolute Gasteiger partial charge is 0.345 e. The van der Waals surface area contributed by atoms with Crippen LogP contribution < -0.4 is 10.0 Å². The Morgan fingerprint density at radius 1 is 1.33 bits per heavy atom. The number of carbonyl (C=O) groups is 1. The summed E-state index contributed by atoms with van der Waals surface area (Å²) in [5.74, 6) is -2.69. The molecule has 0 saturated carbocycles. The summed E-state index contributed by atoms with van der Waals surface area (Å²) in [6.45, 7) is 1.70. The lowest BCUT2D eigenvalue weighted by Crippen LogP contribution is -2.39. The smallest absolute Gasteiger partial charge is 0.272 e. The zero-order valence-corrected chi connectivity index (χ0v) is 13.7. The van der Waals surface area contributed by atoms with E-state index in [2.05, 4.69) is 10.0 Å². The minimum absolute atomic E-state index is 0.0542. The van der Waals surface area contributed by atoms with E-state index < -0.39 is 27.6 Å². The van der Waals surface area contributed by atoms with Crippen molar-refractivity contribution < 1.29 is 22.0 Å². The second kappa shape index (κ2) is 5.67. The molecule has 1 aliphatic heterocycles. The lowest BCUT2D eigenvalue weighted by molar-refractivity contribution is 0.101.